The highest BCUT2D eigenvalue weighted by Gasteiger charge is 2.37. The lowest BCUT2D eigenvalue weighted by atomic mass is 10.0. The molecule has 4 N–H and O–H groups in total. The van der Waals surface area contributed by atoms with Crippen LogP contribution in [-0.2, 0) is 14.3 Å². The third-order valence-corrected chi connectivity index (χ3v) is 10.4. The number of aromatic amines is 2. The van der Waals surface area contributed by atoms with Crippen molar-refractivity contribution < 1.29 is 29.0 Å². The zero-order chi connectivity index (χ0) is 38.8. The molecule has 4 amide bonds. The number of carbonyl (C=O) groups excluding carboxylic acids is 3. The Balaban J connectivity index is 1.02. The molecule has 3 atom stereocenters. The molecule has 7 rings (SSSR count). The molecular formula is C39H44N10O6. The van der Waals surface area contributed by atoms with Crippen molar-refractivity contribution in [3.8, 4) is 33.8 Å². The third kappa shape index (κ3) is 7.70. The highest BCUT2D eigenvalue weighted by molar-refractivity contribution is 5.87. The van der Waals surface area contributed by atoms with E-state index < -0.39 is 18.2 Å². The van der Waals surface area contributed by atoms with Crippen molar-refractivity contribution in [1.29, 1.82) is 0 Å². The Bertz CT molecular complexity index is 2220. The fourth-order valence-corrected chi connectivity index (χ4v) is 7.35. The van der Waals surface area contributed by atoms with Crippen LogP contribution < -0.4 is 5.32 Å². The first-order chi connectivity index (χ1) is 26.5. The van der Waals surface area contributed by atoms with E-state index in [1.165, 1.54) is 14.2 Å². The number of H-pyrrole nitrogens is 2. The van der Waals surface area contributed by atoms with Crippen LogP contribution in [0.5, 0.6) is 0 Å². The maximum atomic E-state index is 13.5. The van der Waals surface area contributed by atoms with E-state index in [2.05, 4.69) is 25.3 Å². The first-order valence-corrected chi connectivity index (χ1v) is 18.4. The van der Waals surface area contributed by atoms with E-state index in [-0.39, 0.29) is 36.4 Å². The largest absolute Gasteiger partial charge is 0.465 e. The molecule has 2 aliphatic heterocycles. The van der Waals surface area contributed by atoms with Gasteiger partial charge in [0.2, 0.25) is 11.8 Å². The Kier molecular flexibility index (Phi) is 10.5. The van der Waals surface area contributed by atoms with E-state index >= 15 is 0 Å². The first-order valence-electron chi connectivity index (χ1n) is 18.4. The van der Waals surface area contributed by atoms with Crippen LogP contribution in [0.4, 0.5) is 9.59 Å². The number of likely N-dealkylation sites (tertiary alicyclic amines) is 2. The molecule has 0 saturated carbocycles. The molecule has 2 saturated heterocycles. The van der Waals surface area contributed by atoms with E-state index in [9.17, 15) is 24.3 Å². The van der Waals surface area contributed by atoms with Gasteiger partial charge in [0.15, 0.2) is 0 Å². The molecule has 3 aromatic heterocycles. The molecule has 286 valence electrons. The molecule has 0 radical (unpaired) electrons. The Hall–Kier alpha value is -6.32. The average molecular weight is 749 g/mol. The third-order valence-electron chi connectivity index (χ3n) is 10.4. The number of hydrogen-bond acceptors (Lipinski definition) is 9. The number of carboxylic acid groups (broad SMARTS) is 1. The van der Waals surface area contributed by atoms with E-state index in [1.54, 1.807) is 28.4 Å². The minimum Gasteiger partial charge on any atom is -0.465 e. The van der Waals surface area contributed by atoms with E-state index in [0.29, 0.717) is 30.3 Å². The maximum absolute atomic E-state index is 13.5. The molecule has 16 heteroatoms. The molecule has 5 aromatic rings. The molecule has 0 aliphatic carbocycles. The van der Waals surface area contributed by atoms with Gasteiger partial charge in [0.25, 0.3) is 0 Å². The summed E-state index contributed by atoms with van der Waals surface area (Å²) in [4.78, 5) is 79.6. The minimum atomic E-state index is -1.15. The SMILES string of the molecule is COC(=O)N[C@H](C(=O)N1CCC[C@H]1c1ncc(-c2ccc(-c3cnc4cc(-c5cnc([C@@H]6CCCN6C(=O)CN(C)C(=O)O)[nH]5)ccc4n3)cc2)[nH]1)C(C)C. The zero-order valence-electron chi connectivity index (χ0n) is 31.2. The average Bonchev–Trinajstić information content (AvgIpc) is 4.03. The smallest absolute Gasteiger partial charge is 0.407 e. The topological polar surface area (TPSA) is 203 Å². The normalized spacial score (nSPS) is 17.5. The van der Waals surface area contributed by atoms with Crippen LogP contribution in [0.15, 0.2) is 61.1 Å². The van der Waals surface area contributed by atoms with Crippen molar-refractivity contribution in [1.82, 2.24) is 49.9 Å². The minimum absolute atomic E-state index is 0.115. The highest BCUT2D eigenvalue weighted by atomic mass is 16.5. The summed E-state index contributed by atoms with van der Waals surface area (Å²) in [7, 11) is 2.66. The maximum Gasteiger partial charge on any atom is 0.407 e. The number of imidazole rings is 2. The number of rotatable bonds is 10. The van der Waals surface area contributed by atoms with Gasteiger partial charge in [-0.15, -0.1) is 0 Å². The molecule has 2 fully saturated rings. The fourth-order valence-electron chi connectivity index (χ4n) is 7.35. The number of aromatic nitrogens is 6. The molecule has 2 aromatic carbocycles. The van der Waals surface area contributed by atoms with Gasteiger partial charge < -0.3 is 39.8 Å². The predicted molar refractivity (Wildman–Crippen MR) is 202 cm³/mol. The molecule has 0 bridgehead atoms. The summed E-state index contributed by atoms with van der Waals surface area (Å²) in [5, 5.41) is 11.9. The van der Waals surface area contributed by atoms with Crippen molar-refractivity contribution in [2.24, 2.45) is 5.92 Å². The number of nitrogens with one attached hydrogen (secondary N) is 3. The molecule has 16 nitrogen and oxygen atoms in total. The Morgan fingerprint density at radius 3 is 2.09 bits per heavy atom. The lowest BCUT2D eigenvalue weighted by molar-refractivity contribution is -0.135. The number of likely N-dealkylation sites (N-methyl/N-ethyl adjacent to an activating group) is 1. The van der Waals surface area contributed by atoms with Gasteiger partial charge in [0.05, 0.1) is 65.9 Å². The fraction of sp³-hybridized carbons (Fsp3) is 0.385. The number of methoxy groups -OCH3 is 1. The van der Waals surface area contributed by atoms with E-state index in [4.69, 9.17) is 14.7 Å². The van der Waals surface area contributed by atoms with Crippen LogP contribution in [0.25, 0.3) is 44.8 Å². The van der Waals surface area contributed by atoms with Crippen LogP contribution in [0.1, 0.15) is 63.3 Å². The van der Waals surface area contributed by atoms with Crippen molar-refractivity contribution in [2.45, 2.75) is 57.7 Å². The number of fused-ring (bicyclic) bond motifs is 1. The lowest BCUT2D eigenvalue weighted by Gasteiger charge is -2.30. The van der Waals surface area contributed by atoms with Gasteiger partial charge >= 0.3 is 12.2 Å². The van der Waals surface area contributed by atoms with Gasteiger partial charge in [-0.2, -0.15) is 0 Å². The van der Waals surface area contributed by atoms with Gasteiger partial charge in [-0.25, -0.2) is 24.5 Å². The summed E-state index contributed by atoms with van der Waals surface area (Å²) in [6.45, 7) is 4.71. The predicted octanol–water partition coefficient (Wildman–Crippen LogP) is 5.39. The number of amides is 4. The number of hydrogen-bond donors (Lipinski definition) is 4. The number of ether oxygens (including phenoxy) is 1. The Labute approximate surface area is 317 Å². The number of nitrogens with zero attached hydrogens (tertiary/aromatic N) is 7. The standard InChI is InChI=1S/C39H44N10O6/c1-22(2)34(46-38(52)55-4)37(51)49-16-6-8-32(49)36-41-19-29(44-36)24-11-9-23(10-12-24)28-18-40-27-17-25(13-14-26(27)43-28)30-20-42-35(45-30)31-7-5-15-48(31)33(50)21-47(3)39(53)54/h9-14,17-20,22,31-32,34H,5-8,15-16,21H2,1-4H3,(H,41,44)(H,42,45)(H,46,52)(H,53,54)/t31-,32-,34-/m0/s1. The lowest BCUT2D eigenvalue weighted by Crippen LogP contribution is -2.51. The van der Waals surface area contributed by atoms with Crippen LogP contribution >= 0.6 is 0 Å². The Morgan fingerprint density at radius 2 is 1.45 bits per heavy atom. The molecule has 55 heavy (non-hydrogen) atoms. The van der Waals surface area contributed by atoms with Gasteiger partial charge in [-0.05, 0) is 49.3 Å². The number of alkyl carbamates (subject to hydrolysis) is 1. The number of carbonyl (C=O) groups is 4. The van der Waals surface area contributed by atoms with Gasteiger partial charge in [-0.3, -0.25) is 14.6 Å². The molecule has 2 aliphatic rings. The molecular weight excluding hydrogens is 704 g/mol. The summed E-state index contributed by atoms with van der Waals surface area (Å²) in [6.07, 6.45) is 6.63. The van der Waals surface area contributed by atoms with Gasteiger partial charge in [0, 0.05) is 31.3 Å². The second-order valence-electron chi connectivity index (χ2n) is 14.3. The van der Waals surface area contributed by atoms with Crippen LogP contribution in [0.2, 0.25) is 0 Å². The summed E-state index contributed by atoms with van der Waals surface area (Å²) in [6, 6.07) is 12.6. The van der Waals surface area contributed by atoms with Crippen molar-refractivity contribution in [3.05, 3.63) is 72.7 Å². The van der Waals surface area contributed by atoms with Crippen LogP contribution in [0.3, 0.4) is 0 Å². The quantitative estimate of drug-likeness (QED) is 0.143. The molecule has 0 unspecified atom stereocenters. The molecule has 0 spiro atoms. The van der Waals surface area contributed by atoms with Gasteiger partial charge in [-0.1, -0.05) is 44.2 Å². The van der Waals surface area contributed by atoms with Crippen molar-refractivity contribution in [3.63, 3.8) is 0 Å². The summed E-state index contributed by atoms with van der Waals surface area (Å²) >= 11 is 0. The van der Waals surface area contributed by atoms with Crippen LogP contribution in [0, 0.1) is 5.92 Å². The summed E-state index contributed by atoms with van der Waals surface area (Å²) in [5.41, 5.74) is 6.48. The van der Waals surface area contributed by atoms with Crippen LogP contribution in [-0.4, -0.2) is 114 Å². The van der Waals surface area contributed by atoms with E-state index in [0.717, 1.165) is 69.9 Å². The van der Waals surface area contributed by atoms with Gasteiger partial charge in [0.1, 0.15) is 24.2 Å². The first kappa shape index (κ1) is 37.0. The monoisotopic (exact) mass is 748 g/mol. The Morgan fingerprint density at radius 1 is 0.855 bits per heavy atom. The summed E-state index contributed by atoms with van der Waals surface area (Å²) < 4.78 is 4.75. The second-order valence-corrected chi connectivity index (χ2v) is 14.3. The summed E-state index contributed by atoms with van der Waals surface area (Å²) in [5.74, 6) is 0.848. The van der Waals surface area contributed by atoms with Crippen molar-refractivity contribution in [2.75, 3.05) is 33.8 Å². The number of benzene rings is 2. The second kappa shape index (κ2) is 15.6. The molecule has 5 heterocycles. The van der Waals surface area contributed by atoms with Crippen molar-refractivity contribution >= 4 is 35.0 Å². The highest BCUT2D eigenvalue weighted by Crippen LogP contribution is 2.34. The zero-order valence-corrected chi connectivity index (χ0v) is 31.2. The van der Waals surface area contributed by atoms with E-state index in [1.807, 2.05) is 56.3 Å².